The molecule has 2 fully saturated rings. The van der Waals surface area contributed by atoms with Gasteiger partial charge in [0.2, 0.25) is 5.91 Å². The van der Waals surface area contributed by atoms with Gasteiger partial charge in [-0.05, 0) is 12.1 Å². The number of benzene rings is 1. The Hall–Kier alpha value is -1.53. The zero-order valence-electron chi connectivity index (χ0n) is 13.2. The number of hydrogen-bond donors (Lipinski definition) is 1. The number of carbonyl (C=O) groups excluding carboxylic acids is 2. The average Bonchev–Trinajstić information content (AvgIpc) is 2.63. The van der Waals surface area contributed by atoms with Crippen molar-refractivity contribution in [2.24, 2.45) is 0 Å². The highest BCUT2D eigenvalue weighted by atomic mass is 32.2. The van der Waals surface area contributed by atoms with Crippen LogP contribution in [0.5, 0.6) is 0 Å². The van der Waals surface area contributed by atoms with E-state index in [4.69, 9.17) is 0 Å². The number of nitrogens with one attached hydrogen (secondary N) is 1. The minimum atomic E-state index is 0.0584. The summed E-state index contributed by atoms with van der Waals surface area (Å²) in [7, 11) is 0. The molecule has 0 aromatic heterocycles. The predicted octanol–water partition coefficient (Wildman–Crippen LogP) is 1.07. The van der Waals surface area contributed by atoms with Crippen molar-refractivity contribution in [2.45, 2.75) is 12.5 Å². The van der Waals surface area contributed by atoms with Gasteiger partial charge in [-0.15, -0.1) is 0 Å². The van der Waals surface area contributed by atoms with Crippen molar-refractivity contribution in [1.82, 2.24) is 15.1 Å². The number of hydrogen-bond acceptors (Lipinski definition) is 4. The fourth-order valence-corrected chi connectivity index (χ4v) is 3.96. The molecular weight excluding hydrogens is 310 g/mol. The monoisotopic (exact) mass is 333 g/mol. The molecule has 5 nitrogen and oxygen atoms in total. The molecule has 1 N–H and O–H groups in total. The molecule has 1 aromatic rings. The maximum Gasteiger partial charge on any atom is 0.253 e. The molecule has 124 valence electrons. The van der Waals surface area contributed by atoms with E-state index in [-0.39, 0.29) is 11.8 Å². The number of amides is 2. The Morgan fingerprint density at radius 3 is 2.43 bits per heavy atom. The summed E-state index contributed by atoms with van der Waals surface area (Å²) in [5.74, 6) is 2.41. The third-order valence-electron chi connectivity index (χ3n) is 4.36. The van der Waals surface area contributed by atoms with Gasteiger partial charge in [-0.2, -0.15) is 11.8 Å². The van der Waals surface area contributed by atoms with Gasteiger partial charge >= 0.3 is 0 Å². The maximum atomic E-state index is 12.4. The van der Waals surface area contributed by atoms with Crippen LogP contribution in [0.1, 0.15) is 16.8 Å². The summed E-state index contributed by atoms with van der Waals surface area (Å²) in [6, 6.07) is 9.64. The summed E-state index contributed by atoms with van der Waals surface area (Å²) in [5.41, 5.74) is 0.718. The van der Waals surface area contributed by atoms with E-state index in [1.807, 2.05) is 51.9 Å². The smallest absolute Gasteiger partial charge is 0.253 e. The van der Waals surface area contributed by atoms with Gasteiger partial charge in [0.05, 0.1) is 0 Å². The molecule has 2 aliphatic rings. The van der Waals surface area contributed by atoms with Crippen molar-refractivity contribution < 1.29 is 9.59 Å². The minimum Gasteiger partial charge on any atom is -0.339 e. The molecule has 1 atom stereocenters. The van der Waals surface area contributed by atoms with Crippen LogP contribution in [-0.4, -0.2) is 71.9 Å². The summed E-state index contributed by atoms with van der Waals surface area (Å²) < 4.78 is 0. The zero-order valence-corrected chi connectivity index (χ0v) is 14.1. The first kappa shape index (κ1) is 16.3. The number of rotatable bonds is 3. The molecule has 1 unspecified atom stereocenters. The first-order valence-corrected chi connectivity index (χ1v) is 9.33. The van der Waals surface area contributed by atoms with Crippen LogP contribution in [0.25, 0.3) is 0 Å². The Bertz CT molecular complexity index is 538. The van der Waals surface area contributed by atoms with Gasteiger partial charge in [0.25, 0.3) is 5.91 Å². The Morgan fingerprint density at radius 2 is 1.78 bits per heavy atom. The van der Waals surface area contributed by atoms with E-state index in [1.165, 1.54) is 0 Å². The van der Waals surface area contributed by atoms with Gasteiger partial charge in [-0.25, -0.2) is 0 Å². The SMILES string of the molecule is O=C(CC1CSCCN1)N1CCN(C(=O)c2ccccc2)CC1. The molecule has 0 radical (unpaired) electrons. The van der Waals surface area contributed by atoms with Crippen molar-refractivity contribution in [3.05, 3.63) is 35.9 Å². The molecule has 0 bridgehead atoms. The van der Waals surface area contributed by atoms with E-state index in [1.54, 1.807) is 0 Å². The van der Waals surface area contributed by atoms with Gasteiger partial charge < -0.3 is 15.1 Å². The van der Waals surface area contributed by atoms with E-state index >= 15 is 0 Å². The third-order valence-corrected chi connectivity index (χ3v) is 5.49. The fourth-order valence-electron chi connectivity index (χ4n) is 3.01. The topological polar surface area (TPSA) is 52.7 Å². The van der Waals surface area contributed by atoms with Crippen LogP contribution >= 0.6 is 11.8 Å². The van der Waals surface area contributed by atoms with E-state index in [9.17, 15) is 9.59 Å². The molecule has 2 saturated heterocycles. The standard InChI is InChI=1S/C17H23N3O2S/c21-16(12-15-13-23-11-6-18-15)19-7-9-20(10-8-19)17(22)14-4-2-1-3-5-14/h1-5,15,18H,6-13H2. The van der Waals surface area contributed by atoms with E-state index in [0.717, 1.165) is 23.6 Å². The maximum absolute atomic E-state index is 12.4. The number of carbonyl (C=O) groups is 2. The minimum absolute atomic E-state index is 0.0584. The van der Waals surface area contributed by atoms with Crippen molar-refractivity contribution in [3.8, 4) is 0 Å². The van der Waals surface area contributed by atoms with Gasteiger partial charge in [0, 0.05) is 62.3 Å². The second kappa shape index (κ2) is 7.84. The van der Waals surface area contributed by atoms with Crippen molar-refractivity contribution in [1.29, 1.82) is 0 Å². The van der Waals surface area contributed by atoms with Gasteiger partial charge in [0.1, 0.15) is 0 Å². The van der Waals surface area contributed by atoms with Crippen LogP contribution in [0, 0.1) is 0 Å². The first-order valence-electron chi connectivity index (χ1n) is 8.17. The molecule has 6 heteroatoms. The van der Waals surface area contributed by atoms with Crippen molar-refractivity contribution >= 4 is 23.6 Å². The lowest BCUT2D eigenvalue weighted by Gasteiger charge is -2.35. The predicted molar refractivity (Wildman–Crippen MR) is 92.7 cm³/mol. The van der Waals surface area contributed by atoms with Gasteiger partial charge in [-0.3, -0.25) is 9.59 Å². The Balaban J connectivity index is 1.48. The van der Waals surface area contributed by atoms with Crippen molar-refractivity contribution in [2.75, 3.05) is 44.2 Å². The Labute approximate surface area is 141 Å². The molecule has 23 heavy (non-hydrogen) atoms. The van der Waals surface area contributed by atoms with Crippen molar-refractivity contribution in [3.63, 3.8) is 0 Å². The molecule has 2 aliphatic heterocycles. The lowest BCUT2D eigenvalue weighted by atomic mass is 10.1. The molecule has 1 aromatic carbocycles. The van der Waals surface area contributed by atoms with Crippen LogP contribution < -0.4 is 5.32 Å². The molecule has 3 rings (SSSR count). The highest BCUT2D eigenvalue weighted by Crippen LogP contribution is 2.13. The number of piperazine rings is 1. The molecule has 0 saturated carbocycles. The highest BCUT2D eigenvalue weighted by Gasteiger charge is 2.26. The van der Waals surface area contributed by atoms with Crippen LogP contribution in [0.4, 0.5) is 0 Å². The summed E-state index contributed by atoms with van der Waals surface area (Å²) in [4.78, 5) is 28.5. The largest absolute Gasteiger partial charge is 0.339 e. The Morgan fingerprint density at radius 1 is 1.09 bits per heavy atom. The summed E-state index contributed by atoms with van der Waals surface area (Å²) in [6.45, 7) is 3.50. The lowest BCUT2D eigenvalue weighted by molar-refractivity contribution is -0.133. The van der Waals surface area contributed by atoms with Crippen LogP contribution in [0.2, 0.25) is 0 Å². The molecule has 0 spiro atoms. The van der Waals surface area contributed by atoms with E-state index in [2.05, 4.69) is 5.32 Å². The molecule has 2 amide bonds. The lowest BCUT2D eigenvalue weighted by Crippen LogP contribution is -2.52. The summed E-state index contributed by atoms with van der Waals surface area (Å²) >= 11 is 1.91. The van der Waals surface area contributed by atoms with Gasteiger partial charge in [0.15, 0.2) is 0 Å². The highest BCUT2D eigenvalue weighted by molar-refractivity contribution is 7.99. The van der Waals surface area contributed by atoms with E-state index < -0.39 is 0 Å². The van der Waals surface area contributed by atoms with E-state index in [0.29, 0.717) is 38.6 Å². The first-order chi connectivity index (χ1) is 11.2. The molecule has 0 aliphatic carbocycles. The molecular formula is C17H23N3O2S. The number of thioether (sulfide) groups is 1. The van der Waals surface area contributed by atoms with Crippen LogP contribution in [0.15, 0.2) is 30.3 Å². The Kier molecular flexibility index (Phi) is 5.56. The number of nitrogens with zero attached hydrogens (tertiary/aromatic N) is 2. The third kappa shape index (κ3) is 4.26. The second-order valence-electron chi connectivity index (χ2n) is 5.97. The fraction of sp³-hybridized carbons (Fsp3) is 0.529. The molecule has 2 heterocycles. The van der Waals surface area contributed by atoms with Gasteiger partial charge in [-0.1, -0.05) is 18.2 Å². The normalized spacial score (nSPS) is 22.0. The van der Waals surface area contributed by atoms with Crippen LogP contribution in [0.3, 0.4) is 0 Å². The van der Waals surface area contributed by atoms with Crippen LogP contribution in [-0.2, 0) is 4.79 Å². The zero-order chi connectivity index (χ0) is 16.1. The summed E-state index contributed by atoms with van der Waals surface area (Å²) in [6.07, 6.45) is 0.569. The summed E-state index contributed by atoms with van der Waals surface area (Å²) in [5, 5.41) is 3.40. The quantitative estimate of drug-likeness (QED) is 0.899. The average molecular weight is 333 g/mol. The second-order valence-corrected chi connectivity index (χ2v) is 7.12.